The summed E-state index contributed by atoms with van der Waals surface area (Å²) in [6.07, 6.45) is 0. The van der Waals surface area contributed by atoms with E-state index in [0.717, 1.165) is 17.1 Å². The van der Waals surface area contributed by atoms with E-state index in [2.05, 4.69) is 242 Å². The highest BCUT2D eigenvalue weighted by molar-refractivity contribution is 5.98. The van der Waals surface area contributed by atoms with Crippen LogP contribution in [0.1, 0.15) is 23.6 Å². The zero-order chi connectivity index (χ0) is 39.3. The first-order valence-corrected chi connectivity index (χ1v) is 20.5. The van der Waals surface area contributed by atoms with Crippen LogP contribution in [-0.4, -0.2) is 0 Å². The number of rotatable bonds is 7. The van der Waals surface area contributed by atoms with Crippen molar-refractivity contribution in [1.29, 1.82) is 0 Å². The Balaban J connectivity index is 1.04. The molecule has 1 aliphatic rings. The molecular formula is C58H41N. The Hall–Kier alpha value is -7.48. The molecule has 0 saturated carbocycles. The number of anilines is 3. The summed E-state index contributed by atoms with van der Waals surface area (Å²) in [6.45, 7) is 2.39. The van der Waals surface area contributed by atoms with Crippen LogP contribution in [0.4, 0.5) is 17.1 Å². The van der Waals surface area contributed by atoms with Gasteiger partial charge in [-0.3, -0.25) is 0 Å². The molecule has 0 aliphatic heterocycles. The molecule has 0 heterocycles. The van der Waals surface area contributed by atoms with Crippen LogP contribution < -0.4 is 4.90 Å². The maximum atomic E-state index is 2.39. The highest BCUT2D eigenvalue weighted by atomic mass is 15.1. The van der Waals surface area contributed by atoms with E-state index in [1.165, 1.54) is 82.7 Å². The van der Waals surface area contributed by atoms with Crippen molar-refractivity contribution in [2.75, 3.05) is 4.90 Å². The van der Waals surface area contributed by atoms with Crippen molar-refractivity contribution in [3.05, 3.63) is 247 Å². The predicted octanol–water partition coefficient (Wildman–Crippen LogP) is 15.8. The third kappa shape index (κ3) is 5.86. The molecule has 0 saturated heterocycles. The zero-order valence-corrected chi connectivity index (χ0v) is 32.9. The third-order valence-corrected chi connectivity index (χ3v) is 12.5. The van der Waals surface area contributed by atoms with E-state index in [0.29, 0.717) is 0 Å². The van der Waals surface area contributed by atoms with Gasteiger partial charge in [0.05, 0.1) is 0 Å². The van der Waals surface area contributed by atoms with Gasteiger partial charge in [-0.25, -0.2) is 0 Å². The highest BCUT2D eigenvalue weighted by Crippen LogP contribution is 2.55. The van der Waals surface area contributed by atoms with E-state index < -0.39 is 0 Å². The quantitative estimate of drug-likeness (QED) is 0.157. The van der Waals surface area contributed by atoms with Crippen molar-refractivity contribution in [2.45, 2.75) is 12.3 Å². The summed E-state index contributed by atoms with van der Waals surface area (Å²) in [5.41, 5.74) is 17.0. The lowest BCUT2D eigenvalue weighted by Crippen LogP contribution is -2.22. The Morgan fingerprint density at radius 2 is 0.898 bits per heavy atom. The molecule has 0 aromatic heterocycles. The first-order chi connectivity index (χ1) is 29.1. The average molecular weight is 752 g/mol. The summed E-state index contributed by atoms with van der Waals surface area (Å²) in [6, 6.07) is 84.5. The molecule has 0 fully saturated rings. The average Bonchev–Trinajstić information content (AvgIpc) is 3.58. The van der Waals surface area contributed by atoms with Gasteiger partial charge >= 0.3 is 0 Å². The first-order valence-electron chi connectivity index (χ1n) is 20.5. The standard InChI is InChI=1S/C58H41N/c1-58(47-19-3-2-4-20-47)55-26-10-9-23-54(55)57-53(25-13-27-56(57)58)46-18-11-21-50(39-46)59(48-34-30-41(31-35-48)45-29-28-40-14-5-6-16-44(40)38-45)49-36-32-43(33-37-49)52-24-12-17-42-15-7-8-22-51(42)52/h2-39H,1H3. The van der Waals surface area contributed by atoms with Gasteiger partial charge in [0.1, 0.15) is 0 Å². The largest absolute Gasteiger partial charge is 0.310 e. The van der Waals surface area contributed by atoms with Crippen LogP contribution in [0.2, 0.25) is 0 Å². The van der Waals surface area contributed by atoms with Crippen molar-refractivity contribution in [2.24, 2.45) is 0 Å². The molecule has 0 radical (unpaired) electrons. The van der Waals surface area contributed by atoms with Crippen LogP contribution in [0.15, 0.2) is 231 Å². The summed E-state index contributed by atoms with van der Waals surface area (Å²) in [4.78, 5) is 2.39. The molecule has 1 heteroatoms. The van der Waals surface area contributed by atoms with E-state index >= 15 is 0 Å². The van der Waals surface area contributed by atoms with Crippen molar-refractivity contribution < 1.29 is 0 Å². The number of benzene rings is 10. The van der Waals surface area contributed by atoms with Gasteiger partial charge in [-0.05, 0) is 132 Å². The number of hydrogen-bond acceptors (Lipinski definition) is 1. The minimum absolute atomic E-state index is 0.258. The Morgan fingerprint density at radius 3 is 1.71 bits per heavy atom. The number of nitrogens with zero attached hydrogens (tertiary/aromatic N) is 1. The lowest BCUT2D eigenvalue weighted by Gasteiger charge is -2.28. The molecule has 10 aromatic rings. The van der Waals surface area contributed by atoms with Crippen LogP contribution in [-0.2, 0) is 5.41 Å². The molecule has 278 valence electrons. The smallest absolute Gasteiger partial charge is 0.0467 e. The Morgan fingerprint density at radius 1 is 0.322 bits per heavy atom. The van der Waals surface area contributed by atoms with Crippen LogP contribution in [0.3, 0.4) is 0 Å². The molecule has 1 aliphatic carbocycles. The summed E-state index contributed by atoms with van der Waals surface area (Å²) in [5, 5.41) is 5.01. The molecule has 0 N–H and O–H groups in total. The minimum Gasteiger partial charge on any atom is -0.310 e. The topological polar surface area (TPSA) is 3.24 Å². The van der Waals surface area contributed by atoms with Gasteiger partial charge in [0, 0.05) is 22.5 Å². The summed E-state index contributed by atoms with van der Waals surface area (Å²) < 4.78 is 0. The van der Waals surface area contributed by atoms with Crippen molar-refractivity contribution in [3.8, 4) is 44.5 Å². The summed E-state index contributed by atoms with van der Waals surface area (Å²) in [5.74, 6) is 0. The Labute approximate surface area is 346 Å². The maximum Gasteiger partial charge on any atom is 0.0467 e. The summed E-state index contributed by atoms with van der Waals surface area (Å²) in [7, 11) is 0. The molecule has 0 spiro atoms. The lowest BCUT2D eigenvalue weighted by atomic mass is 9.74. The predicted molar refractivity (Wildman–Crippen MR) is 250 cm³/mol. The van der Waals surface area contributed by atoms with E-state index in [9.17, 15) is 0 Å². The molecule has 1 unspecified atom stereocenters. The van der Waals surface area contributed by atoms with Crippen molar-refractivity contribution in [3.63, 3.8) is 0 Å². The fourth-order valence-corrected chi connectivity index (χ4v) is 9.56. The monoisotopic (exact) mass is 751 g/mol. The normalized spacial score (nSPS) is 14.3. The Bertz CT molecular complexity index is 3150. The van der Waals surface area contributed by atoms with Gasteiger partial charge in [0.15, 0.2) is 0 Å². The van der Waals surface area contributed by atoms with E-state index in [1.807, 2.05) is 0 Å². The SMILES string of the molecule is CC1(c2ccccc2)c2ccccc2-c2c(-c3cccc(N(c4ccc(-c5ccc6ccccc6c5)cc4)c4ccc(-c5cccc6ccccc56)cc4)c3)cccc21. The van der Waals surface area contributed by atoms with Gasteiger partial charge in [0.2, 0.25) is 0 Å². The minimum atomic E-state index is -0.258. The second-order valence-corrected chi connectivity index (χ2v) is 15.8. The number of hydrogen-bond donors (Lipinski definition) is 0. The fraction of sp³-hybridized carbons (Fsp3) is 0.0345. The molecule has 0 bridgehead atoms. The molecule has 11 rings (SSSR count). The summed E-state index contributed by atoms with van der Waals surface area (Å²) >= 11 is 0. The third-order valence-electron chi connectivity index (χ3n) is 12.5. The van der Waals surface area contributed by atoms with E-state index in [4.69, 9.17) is 0 Å². The van der Waals surface area contributed by atoms with Crippen molar-refractivity contribution >= 4 is 38.6 Å². The fourth-order valence-electron chi connectivity index (χ4n) is 9.56. The van der Waals surface area contributed by atoms with Gasteiger partial charge in [-0.2, -0.15) is 0 Å². The maximum absolute atomic E-state index is 2.39. The second-order valence-electron chi connectivity index (χ2n) is 15.8. The van der Waals surface area contributed by atoms with Gasteiger partial charge in [0.25, 0.3) is 0 Å². The van der Waals surface area contributed by atoms with Gasteiger partial charge < -0.3 is 4.90 Å². The van der Waals surface area contributed by atoms with Crippen LogP contribution in [0.5, 0.6) is 0 Å². The molecule has 10 aromatic carbocycles. The van der Waals surface area contributed by atoms with Crippen LogP contribution in [0.25, 0.3) is 66.1 Å². The van der Waals surface area contributed by atoms with Gasteiger partial charge in [-0.15, -0.1) is 0 Å². The molecule has 59 heavy (non-hydrogen) atoms. The molecule has 1 nitrogen and oxygen atoms in total. The first kappa shape index (κ1) is 34.7. The van der Waals surface area contributed by atoms with Crippen LogP contribution >= 0.6 is 0 Å². The Kier molecular flexibility index (Phi) is 8.34. The second kappa shape index (κ2) is 14.2. The van der Waals surface area contributed by atoms with Crippen molar-refractivity contribution in [1.82, 2.24) is 0 Å². The van der Waals surface area contributed by atoms with Gasteiger partial charge in [-0.1, -0.05) is 188 Å². The van der Waals surface area contributed by atoms with E-state index in [-0.39, 0.29) is 5.41 Å². The molecular weight excluding hydrogens is 711 g/mol. The van der Waals surface area contributed by atoms with Crippen LogP contribution in [0, 0.1) is 0 Å². The molecule has 0 amide bonds. The highest BCUT2D eigenvalue weighted by Gasteiger charge is 2.41. The van der Waals surface area contributed by atoms with E-state index in [1.54, 1.807) is 0 Å². The molecule has 1 atom stereocenters. The zero-order valence-electron chi connectivity index (χ0n) is 32.9. The lowest BCUT2D eigenvalue weighted by molar-refractivity contribution is 0.714. The number of fused-ring (bicyclic) bond motifs is 5.